The number of sulfonamides is 1. The van der Waals surface area contributed by atoms with E-state index in [1.54, 1.807) is 13.8 Å². The van der Waals surface area contributed by atoms with Gasteiger partial charge in [0.2, 0.25) is 10.0 Å². The molecular formula is C19H23NO3S. The van der Waals surface area contributed by atoms with Gasteiger partial charge in [0.15, 0.2) is 0 Å². The summed E-state index contributed by atoms with van der Waals surface area (Å²) in [7, 11) is -3.66. The summed E-state index contributed by atoms with van der Waals surface area (Å²) >= 11 is 0. The maximum absolute atomic E-state index is 12.7. The third kappa shape index (κ3) is 3.24. The van der Waals surface area contributed by atoms with Crippen LogP contribution in [0.25, 0.3) is 0 Å². The Morgan fingerprint density at radius 3 is 2.04 bits per heavy atom. The molecule has 2 aromatic carbocycles. The lowest BCUT2D eigenvalue weighted by Gasteiger charge is -2.23. The molecule has 5 heteroatoms. The van der Waals surface area contributed by atoms with Crippen molar-refractivity contribution in [3.8, 4) is 0 Å². The summed E-state index contributed by atoms with van der Waals surface area (Å²) in [4.78, 5) is 0.312. The van der Waals surface area contributed by atoms with E-state index in [1.165, 1.54) is 0 Å². The summed E-state index contributed by atoms with van der Waals surface area (Å²) in [5.74, 6) is 0. The maximum Gasteiger partial charge on any atom is 0.241 e. The zero-order valence-electron chi connectivity index (χ0n) is 14.3. The molecule has 0 heterocycles. The molecule has 0 unspecified atom stereocenters. The Kier molecular flexibility index (Phi) is 4.28. The minimum atomic E-state index is -3.66. The molecular weight excluding hydrogens is 322 g/mol. The molecule has 2 N–H and O–H groups in total. The molecule has 3 rings (SSSR count). The zero-order chi connectivity index (χ0) is 17.5. The number of fused-ring (bicyclic) bond motifs is 1. The summed E-state index contributed by atoms with van der Waals surface area (Å²) in [6.07, 6.45) is 0.940. The van der Waals surface area contributed by atoms with Gasteiger partial charge >= 0.3 is 0 Å². The molecule has 128 valence electrons. The number of aliphatic hydroxyl groups is 1. The Balaban J connectivity index is 1.80. The molecule has 0 amide bonds. The van der Waals surface area contributed by atoms with E-state index in [2.05, 4.69) is 4.72 Å². The zero-order valence-corrected chi connectivity index (χ0v) is 15.1. The fraction of sp³-hybridized carbons (Fsp3) is 0.368. The summed E-state index contributed by atoms with van der Waals surface area (Å²) in [5, 5.41) is 10.8. The first-order valence-electron chi connectivity index (χ1n) is 8.07. The van der Waals surface area contributed by atoms with E-state index in [0.29, 0.717) is 17.7 Å². The summed E-state index contributed by atoms with van der Waals surface area (Å²) in [5.41, 5.74) is 3.59. The highest BCUT2D eigenvalue weighted by Gasteiger charge is 2.36. The number of rotatable bonds is 4. The van der Waals surface area contributed by atoms with Gasteiger partial charge in [-0.05, 0) is 43.0 Å². The molecule has 2 aromatic rings. The van der Waals surface area contributed by atoms with Crippen LogP contribution in [-0.4, -0.2) is 25.7 Å². The molecule has 0 atom stereocenters. The van der Waals surface area contributed by atoms with Crippen molar-refractivity contribution >= 4 is 10.0 Å². The van der Waals surface area contributed by atoms with Crippen LogP contribution in [0.15, 0.2) is 41.3 Å². The fourth-order valence-corrected chi connectivity index (χ4v) is 5.26. The molecule has 0 spiro atoms. The second kappa shape index (κ2) is 5.99. The number of aryl methyl sites for hydroxylation is 3. The van der Waals surface area contributed by atoms with Crippen LogP contribution >= 0.6 is 0 Å². The van der Waals surface area contributed by atoms with Crippen LogP contribution in [0.5, 0.6) is 0 Å². The Morgan fingerprint density at radius 2 is 1.54 bits per heavy atom. The lowest BCUT2D eigenvalue weighted by atomic mass is 10.0. The molecule has 24 heavy (non-hydrogen) atoms. The minimum Gasteiger partial charge on any atom is -0.388 e. The third-order valence-corrected chi connectivity index (χ3v) is 6.33. The van der Waals surface area contributed by atoms with Crippen molar-refractivity contribution < 1.29 is 13.5 Å². The average molecular weight is 345 g/mol. The topological polar surface area (TPSA) is 66.4 Å². The quantitative estimate of drug-likeness (QED) is 0.894. The van der Waals surface area contributed by atoms with Gasteiger partial charge in [-0.25, -0.2) is 13.1 Å². The van der Waals surface area contributed by atoms with E-state index in [-0.39, 0.29) is 6.54 Å². The molecule has 0 saturated heterocycles. The normalized spacial score (nSPS) is 16.2. The Hall–Kier alpha value is -1.69. The molecule has 0 radical (unpaired) electrons. The highest BCUT2D eigenvalue weighted by Crippen LogP contribution is 2.30. The van der Waals surface area contributed by atoms with Crippen molar-refractivity contribution in [1.82, 2.24) is 4.72 Å². The molecule has 1 aliphatic rings. The number of hydrogen-bond donors (Lipinski definition) is 2. The van der Waals surface area contributed by atoms with E-state index in [4.69, 9.17) is 0 Å². The van der Waals surface area contributed by atoms with E-state index in [9.17, 15) is 13.5 Å². The van der Waals surface area contributed by atoms with Crippen molar-refractivity contribution in [2.24, 2.45) is 0 Å². The first-order chi connectivity index (χ1) is 11.2. The van der Waals surface area contributed by atoms with Crippen molar-refractivity contribution in [3.05, 3.63) is 64.2 Å². The SMILES string of the molecule is Cc1cc(C)c(S(=O)(=O)NCC2(O)Cc3ccccc3C2)c(C)c1. The lowest BCUT2D eigenvalue weighted by molar-refractivity contribution is 0.0567. The van der Waals surface area contributed by atoms with Gasteiger partial charge in [0.1, 0.15) is 0 Å². The van der Waals surface area contributed by atoms with Crippen LogP contribution in [0.1, 0.15) is 27.8 Å². The van der Waals surface area contributed by atoms with Crippen molar-refractivity contribution in [2.45, 2.75) is 44.1 Å². The minimum absolute atomic E-state index is 0.0107. The van der Waals surface area contributed by atoms with Gasteiger partial charge in [-0.15, -0.1) is 0 Å². The molecule has 0 aromatic heterocycles. The number of hydrogen-bond acceptors (Lipinski definition) is 3. The van der Waals surface area contributed by atoms with E-state index in [0.717, 1.165) is 27.8 Å². The fourth-order valence-electron chi connectivity index (χ4n) is 3.69. The van der Waals surface area contributed by atoms with Gasteiger partial charge in [-0.3, -0.25) is 0 Å². The summed E-state index contributed by atoms with van der Waals surface area (Å²) in [6.45, 7) is 5.56. The molecule has 4 nitrogen and oxygen atoms in total. The maximum atomic E-state index is 12.7. The van der Waals surface area contributed by atoms with E-state index < -0.39 is 15.6 Å². The Bertz CT molecular complexity index is 839. The van der Waals surface area contributed by atoms with Gasteiger partial charge in [-0.1, -0.05) is 42.0 Å². The molecule has 0 aliphatic heterocycles. The smallest absolute Gasteiger partial charge is 0.241 e. The van der Waals surface area contributed by atoms with Crippen molar-refractivity contribution in [1.29, 1.82) is 0 Å². The standard InChI is InChI=1S/C19H23NO3S/c1-13-8-14(2)18(15(3)9-13)24(22,23)20-12-19(21)10-16-6-4-5-7-17(16)11-19/h4-9,20-21H,10-12H2,1-3H3. The van der Waals surface area contributed by atoms with Gasteiger partial charge in [0, 0.05) is 19.4 Å². The predicted molar refractivity (Wildman–Crippen MR) is 94.6 cm³/mol. The average Bonchev–Trinajstić information content (AvgIpc) is 2.80. The largest absolute Gasteiger partial charge is 0.388 e. The van der Waals surface area contributed by atoms with Crippen molar-refractivity contribution in [2.75, 3.05) is 6.54 Å². The highest BCUT2D eigenvalue weighted by atomic mass is 32.2. The summed E-state index contributed by atoms with van der Waals surface area (Å²) in [6, 6.07) is 11.6. The van der Waals surface area contributed by atoms with Gasteiger partial charge in [0.05, 0.1) is 10.5 Å². The van der Waals surface area contributed by atoms with E-state index in [1.807, 2.05) is 43.3 Å². The first-order valence-corrected chi connectivity index (χ1v) is 9.55. The van der Waals surface area contributed by atoms with Gasteiger partial charge in [-0.2, -0.15) is 0 Å². The number of nitrogens with one attached hydrogen (secondary N) is 1. The first kappa shape index (κ1) is 17.1. The van der Waals surface area contributed by atoms with Crippen LogP contribution in [-0.2, 0) is 22.9 Å². The van der Waals surface area contributed by atoms with Crippen LogP contribution < -0.4 is 4.72 Å². The number of benzene rings is 2. The van der Waals surface area contributed by atoms with Crippen LogP contribution in [0.4, 0.5) is 0 Å². The predicted octanol–water partition coefficient (Wildman–Crippen LogP) is 2.42. The highest BCUT2D eigenvalue weighted by molar-refractivity contribution is 7.89. The van der Waals surface area contributed by atoms with Crippen LogP contribution in [0, 0.1) is 20.8 Å². The summed E-state index contributed by atoms with van der Waals surface area (Å²) < 4.78 is 28.1. The van der Waals surface area contributed by atoms with Gasteiger partial charge in [0.25, 0.3) is 0 Å². The second-order valence-corrected chi connectivity index (χ2v) is 8.60. The monoisotopic (exact) mass is 345 g/mol. The lowest BCUT2D eigenvalue weighted by Crippen LogP contribution is -2.43. The Morgan fingerprint density at radius 1 is 1.04 bits per heavy atom. The second-order valence-electron chi connectivity index (χ2n) is 6.90. The van der Waals surface area contributed by atoms with Crippen LogP contribution in [0.3, 0.4) is 0 Å². The third-order valence-electron chi connectivity index (χ3n) is 4.62. The molecule has 1 aliphatic carbocycles. The van der Waals surface area contributed by atoms with Crippen LogP contribution in [0.2, 0.25) is 0 Å². The van der Waals surface area contributed by atoms with E-state index >= 15 is 0 Å². The molecule has 0 fully saturated rings. The molecule has 0 saturated carbocycles. The van der Waals surface area contributed by atoms with Crippen molar-refractivity contribution in [3.63, 3.8) is 0 Å². The van der Waals surface area contributed by atoms with Gasteiger partial charge < -0.3 is 5.11 Å². The molecule has 0 bridgehead atoms. The Labute approximate surface area is 143 Å².